The predicted molar refractivity (Wildman–Crippen MR) is 80.4 cm³/mol. The molecule has 0 aliphatic heterocycles. The van der Waals surface area contributed by atoms with Gasteiger partial charge < -0.3 is 21.8 Å². The Kier molecular flexibility index (Phi) is 24.5. The number of carbonyl (C=O) groups excluding carboxylic acids is 1. The molecule has 15 heavy (non-hydrogen) atoms. The Morgan fingerprint density at radius 1 is 1.40 bits per heavy atom. The van der Waals surface area contributed by atoms with E-state index < -0.39 is 12.0 Å². The van der Waals surface area contributed by atoms with E-state index in [1.165, 1.54) is 0 Å². The average molecular weight is 666 g/mol. The number of halogens is 3. The quantitative estimate of drug-likeness (QED) is 0.258. The molecule has 1 atom stereocenters. The standard InChI is InChI=1S/C6H13NO2.CH3.3HI.V.Y/c1-5(6(8)9)7(2,3)4;;;;;;/h5H,2H2,1,3-4H3,(H,8,9);1H3;3*1H;;/q;-1;;;;+3;/p-4. The summed E-state index contributed by atoms with van der Waals surface area (Å²) >= 11 is 7.39. The molecule has 3 nitrogen and oxygen atoms in total. The molecule has 8 heteroatoms. The number of hydrogen-bond donors (Lipinski definition) is 0. The fourth-order valence-corrected chi connectivity index (χ4v) is 0.285. The van der Waals surface area contributed by atoms with Gasteiger partial charge in [-0.05, 0) is 6.92 Å². The van der Waals surface area contributed by atoms with Gasteiger partial charge in [-0.25, -0.2) is 0 Å². The molecular formula is C7H15I3NO2VY-2. The van der Waals surface area contributed by atoms with Crippen LogP contribution in [-0.4, -0.2) is 30.6 Å². The van der Waals surface area contributed by atoms with E-state index in [2.05, 4.69) is 67.0 Å². The van der Waals surface area contributed by atoms with Crippen molar-refractivity contribution in [1.82, 2.24) is 0 Å². The Balaban J connectivity index is -0.0000000883. The summed E-state index contributed by atoms with van der Waals surface area (Å²) in [7, 11) is 7.03. The monoisotopic (exact) mass is 666 g/mol. The summed E-state index contributed by atoms with van der Waals surface area (Å²) in [4.78, 5) is 9.90. The molecule has 1 radical (unpaired) electrons. The summed E-state index contributed by atoms with van der Waals surface area (Å²) in [5, 5.41) is 10.2. The van der Waals surface area contributed by atoms with Crippen LogP contribution in [0.3, 0.4) is 0 Å². The van der Waals surface area contributed by atoms with Crippen LogP contribution in [0.2, 0.25) is 0 Å². The van der Waals surface area contributed by atoms with Crippen molar-refractivity contribution >= 4 is 65.9 Å². The minimum atomic E-state index is -1.06. The van der Waals surface area contributed by atoms with E-state index in [4.69, 9.17) is 0 Å². The first-order valence-corrected chi connectivity index (χ1v) is 16.8. The van der Waals surface area contributed by atoms with Crippen LogP contribution in [0.15, 0.2) is 0 Å². The molecule has 0 fully saturated rings. The number of quaternary nitrogens is 1. The molecule has 0 aromatic carbocycles. The number of carboxylic acids is 1. The Morgan fingerprint density at radius 3 is 1.60 bits per heavy atom. The van der Waals surface area contributed by atoms with Crippen molar-refractivity contribution in [3.63, 3.8) is 0 Å². The van der Waals surface area contributed by atoms with E-state index >= 15 is 0 Å². The number of carbonyl (C=O) groups is 1. The molecule has 0 aromatic rings. The van der Waals surface area contributed by atoms with E-state index in [9.17, 15) is 9.90 Å². The second kappa shape index (κ2) is 13.7. The van der Waals surface area contributed by atoms with Gasteiger partial charge in [-0.2, -0.15) is 0 Å². The first kappa shape index (κ1) is 26.8. The van der Waals surface area contributed by atoms with Crippen LogP contribution in [0.4, 0.5) is 0 Å². The first-order chi connectivity index (χ1) is 5.59. The number of nitrogens with zero attached hydrogens (tertiary/aromatic N) is 1. The molecule has 0 saturated carbocycles. The van der Waals surface area contributed by atoms with Gasteiger partial charge in [0.05, 0.1) is 5.97 Å². The number of carboxylic acid groups (broad SMARTS) is 1. The summed E-state index contributed by atoms with van der Waals surface area (Å²) in [6.45, 7) is 1.57. The van der Waals surface area contributed by atoms with Crippen molar-refractivity contribution in [1.29, 1.82) is 0 Å². The molecule has 0 saturated heterocycles. The third-order valence-electron chi connectivity index (χ3n) is 1.39. The third-order valence-corrected chi connectivity index (χ3v) is 1.39. The molecule has 1 unspecified atom stereocenters. The Hall–Kier alpha value is 3.31. The molecule has 0 heterocycles. The van der Waals surface area contributed by atoms with E-state index in [0.717, 1.165) is 0 Å². The van der Waals surface area contributed by atoms with Crippen molar-refractivity contribution in [2.24, 2.45) is 0 Å². The zero-order chi connectivity index (χ0) is 11.2. The predicted octanol–water partition coefficient (Wildman–Crippen LogP) is 2.10. The summed E-state index contributed by atoms with van der Waals surface area (Å²) in [5.41, 5.74) is 0. The maximum absolute atomic E-state index is 10.2. The fraction of sp³-hybridized carbons (Fsp3) is 0.571. The van der Waals surface area contributed by atoms with Crippen LogP contribution < -0.4 is 5.11 Å². The van der Waals surface area contributed by atoms with Crippen molar-refractivity contribution in [3.05, 3.63) is 14.5 Å². The van der Waals surface area contributed by atoms with Gasteiger partial charge in [-0.15, -0.1) is 7.05 Å². The van der Waals surface area contributed by atoms with Gasteiger partial charge in [-0.3, -0.25) is 0 Å². The minimum Gasteiger partial charge on any atom is 0 e. The minimum absolute atomic E-state index is 0. The summed E-state index contributed by atoms with van der Waals surface area (Å²) in [5.74, 6) is -1.06. The van der Waals surface area contributed by atoms with E-state index in [0.29, 0.717) is 0 Å². The summed E-state index contributed by atoms with van der Waals surface area (Å²) in [6, 6.07) is -0.551. The molecule has 91 valence electrons. The first-order valence-electron chi connectivity index (χ1n) is 3.25. The second-order valence-corrected chi connectivity index (χ2v) is 38.3. The summed E-state index contributed by atoms with van der Waals surface area (Å²) < 4.78 is 0.155. The topological polar surface area (TPSA) is 40.1 Å². The van der Waals surface area contributed by atoms with Gasteiger partial charge in [0.25, 0.3) is 0 Å². The SMILES string of the molecule is [CH2-][N+](C)(C)C(C)C(=O)[O-].[CH3-].[I][V]([I])[I].[Y]. The molecule has 0 spiro atoms. The fourth-order valence-electron chi connectivity index (χ4n) is 0.285. The zero-order valence-corrected chi connectivity index (χ0v) is 19.9. The second-order valence-electron chi connectivity index (χ2n) is 2.97. The van der Waals surface area contributed by atoms with Crippen LogP contribution in [0.5, 0.6) is 0 Å². The maximum Gasteiger partial charge on any atom is 0 e. The zero-order valence-electron chi connectivity index (χ0n) is 9.21. The van der Waals surface area contributed by atoms with E-state index in [1.807, 2.05) is 0 Å². The molecule has 0 rings (SSSR count). The number of likely N-dealkylation sites (N-methyl/N-ethyl adjacent to an activating group) is 1. The van der Waals surface area contributed by atoms with Crippen molar-refractivity contribution in [3.8, 4) is 0 Å². The molecule has 0 aliphatic rings. The number of aliphatic carboxylic acids is 1. The molecule has 0 aromatic heterocycles. The maximum atomic E-state index is 10.2. The Bertz CT molecular complexity index is 164. The third kappa shape index (κ3) is 22.9. The smallest absolute Gasteiger partial charge is 0 e. The van der Waals surface area contributed by atoms with Crippen LogP contribution in [-0.2, 0) is 42.4 Å². The number of hydrogen-bond acceptors (Lipinski definition) is 2. The van der Waals surface area contributed by atoms with Crippen LogP contribution in [0.25, 0.3) is 0 Å². The molecular weight excluding hydrogens is 651 g/mol. The van der Waals surface area contributed by atoms with Gasteiger partial charge in [0.15, 0.2) is 0 Å². The van der Waals surface area contributed by atoms with Crippen molar-refractivity contribution < 1.29 is 52.0 Å². The van der Waals surface area contributed by atoms with Gasteiger partial charge >= 0.3 is 64.9 Å². The van der Waals surface area contributed by atoms with Gasteiger partial charge in [0.2, 0.25) is 0 Å². The Labute approximate surface area is 156 Å². The molecule has 0 amide bonds. The van der Waals surface area contributed by atoms with Crippen LogP contribution >= 0.6 is 59.9 Å². The van der Waals surface area contributed by atoms with Crippen molar-refractivity contribution in [2.45, 2.75) is 13.0 Å². The Morgan fingerprint density at radius 2 is 1.60 bits per heavy atom. The van der Waals surface area contributed by atoms with Gasteiger partial charge in [0, 0.05) is 46.8 Å². The van der Waals surface area contributed by atoms with Gasteiger partial charge in [0.1, 0.15) is 6.04 Å². The largest absolute Gasteiger partial charge is 0 e. The van der Waals surface area contributed by atoms with Gasteiger partial charge in [-0.1, -0.05) is 0 Å². The molecule has 0 aliphatic carbocycles. The van der Waals surface area contributed by atoms with Crippen molar-refractivity contribution in [2.75, 3.05) is 14.1 Å². The average Bonchev–Trinajstić information content (AvgIpc) is 1.82. The van der Waals surface area contributed by atoms with Crippen LogP contribution in [0, 0.1) is 14.5 Å². The van der Waals surface area contributed by atoms with E-state index in [-0.39, 0.29) is 49.5 Å². The van der Waals surface area contributed by atoms with E-state index in [1.54, 1.807) is 21.0 Å². The summed E-state index contributed by atoms with van der Waals surface area (Å²) in [6.07, 6.45) is 0. The number of rotatable bonds is 2. The van der Waals surface area contributed by atoms with Crippen LogP contribution in [0.1, 0.15) is 6.92 Å². The normalized spacial score (nSPS) is 11.5. The molecule has 0 bridgehead atoms. The molecule has 0 N–H and O–H groups in total.